The van der Waals surface area contributed by atoms with E-state index in [1.165, 1.54) is 4.90 Å². The van der Waals surface area contributed by atoms with Crippen molar-refractivity contribution in [3.05, 3.63) is 35.9 Å². The SMILES string of the molecule is CCOC1(C(F)F)CCN(C(=O)OCc2ccccc2)CC1. The Morgan fingerprint density at radius 1 is 1.27 bits per heavy atom. The number of rotatable bonds is 5. The number of carbonyl (C=O) groups excluding carboxylic acids is 1. The van der Waals surface area contributed by atoms with Gasteiger partial charge in [-0.25, -0.2) is 13.6 Å². The minimum atomic E-state index is -2.55. The second-order valence-electron chi connectivity index (χ2n) is 5.33. The Hall–Kier alpha value is -1.69. The number of halogens is 2. The molecule has 0 atom stereocenters. The molecule has 0 radical (unpaired) electrons. The van der Waals surface area contributed by atoms with Crippen molar-refractivity contribution in [2.75, 3.05) is 19.7 Å². The van der Waals surface area contributed by atoms with E-state index >= 15 is 0 Å². The Bertz CT molecular complexity index is 474. The van der Waals surface area contributed by atoms with Gasteiger partial charge in [0.05, 0.1) is 0 Å². The molecule has 2 rings (SSSR count). The van der Waals surface area contributed by atoms with E-state index in [2.05, 4.69) is 0 Å². The molecule has 22 heavy (non-hydrogen) atoms. The van der Waals surface area contributed by atoms with Crippen molar-refractivity contribution in [3.8, 4) is 0 Å². The maximum Gasteiger partial charge on any atom is 0.410 e. The van der Waals surface area contributed by atoms with Crippen LogP contribution in [0.15, 0.2) is 30.3 Å². The summed E-state index contributed by atoms with van der Waals surface area (Å²) in [6.07, 6.45) is -2.77. The van der Waals surface area contributed by atoms with Gasteiger partial charge in [-0.15, -0.1) is 0 Å². The maximum atomic E-state index is 13.2. The van der Waals surface area contributed by atoms with Crippen molar-refractivity contribution in [3.63, 3.8) is 0 Å². The molecule has 1 fully saturated rings. The van der Waals surface area contributed by atoms with Crippen LogP contribution in [0.4, 0.5) is 13.6 Å². The molecule has 0 N–H and O–H groups in total. The molecule has 0 aliphatic carbocycles. The quantitative estimate of drug-likeness (QED) is 0.835. The summed E-state index contributed by atoms with van der Waals surface area (Å²) in [5.74, 6) is 0. The summed E-state index contributed by atoms with van der Waals surface area (Å²) in [4.78, 5) is 13.4. The maximum absolute atomic E-state index is 13.2. The number of benzene rings is 1. The Morgan fingerprint density at radius 3 is 2.45 bits per heavy atom. The standard InChI is InChI=1S/C16H21F2NO3/c1-2-22-16(14(17)18)8-10-19(11-9-16)15(20)21-12-13-6-4-3-5-7-13/h3-7,14H,2,8-12H2,1H3. The van der Waals surface area contributed by atoms with Crippen LogP contribution in [-0.4, -0.2) is 42.7 Å². The van der Waals surface area contributed by atoms with Gasteiger partial charge in [0, 0.05) is 19.7 Å². The number of carbonyl (C=O) groups is 1. The van der Waals surface area contributed by atoms with E-state index in [1.54, 1.807) is 6.92 Å². The van der Waals surface area contributed by atoms with Crippen LogP contribution in [0.2, 0.25) is 0 Å². The van der Waals surface area contributed by atoms with Gasteiger partial charge < -0.3 is 14.4 Å². The Balaban J connectivity index is 1.84. The lowest BCUT2D eigenvalue weighted by Gasteiger charge is -2.40. The first kappa shape index (κ1) is 16.7. The lowest BCUT2D eigenvalue weighted by atomic mass is 9.91. The molecular weight excluding hydrogens is 292 g/mol. The summed E-state index contributed by atoms with van der Waals surface area (Å²) in [6, 6.07) is 9.33. The highest BCUT2D eigenvalue weighted by molar-refractivity contribution is 5.67. The third-order valence-electron chi connectivity index (χ3n) is 3.90. The van der Waals surface area contributed by atoms with Gasteiger partial charge in [0.2, 0.25) is 0 Å². The van der Waals surface area contributed by atoms with Crippen LogP contribution in [0.5, 0.6) is 0 Å². The van der Waals surface area contributed by atoms with E-state index in [0.717, 1.165) is 5.56 Å². The number of hydrogen-bond acceptors (Lipinski definition) is 3. The molecule has 1 amide bonds. The molecule has 1 aliphatic heterocycles. The minimum absolute atomic E-state index is 0.124. The molecule has 122 valence electrons. The van der Waals surface area contributed by atoms with Crippen LogP contribution in [0.25, 0.3) is 0 Å². The van der Waals surface area contributed by atoms with Crippen molar-refractivity contribution in [2.45, 2.75) is 38.4 Å². The van der Waals surface area contributed by atoms with Crippen molar-refractivity contribution in [1.29, 1.82) is 0 Å². The minimum Gasteiger partial charge on any atom is -0.445 e. The fourth-order valence-corrected chi connectivity index (χ4v) is 2.59. The smallest absolute Gasteiger partial charge is 0.410 e. The summed E-state index contributed by atoms with van der Waals surface area (Å²) < 4.78 is 36.9. The van der Waals surface area contributed by atoms with Gasteiger partial charge in [0.1, 0.15) is 12.2 Å². The number of alkyl halides is 2. The van der Waals surface area contributed by atoms with Crippen molar-refractivity contribution >= 4 is 6.09 Å². The highest BCUT2D eigenvalue weighted by Crippen LogP contribution is 2.32. The highest BCUT2D eigenvalue weighted by atomic mass is 19.3. The van der Waals surface area contributed by atoms with E-state index in [0.29, 0.717) is 0 Å². The molecular formula is C16H21F2NO3. The van der Waals surface area contributed by atoms with Crippen molar-refractivity contribution < 1.29 is 23.0 Å². The molecule has 0 saturated carbocycles. The number of ether oxygens (including phenoxy) is 2. The summed E-state index contributed by atoms with van der Waals surface area (Å²) in [7, 11) is 0. The van der Waals surface area contributed by atoms with Crippen LogP contribution in [0.3, 0.4) is 0 Å². The monoisotopic (exact) mass is 313 g/mol. The van der Waals surface area contributed by atoms with Gasteiger partial charge >= 0.3 is 6.09 Å². The van der Waals surface area contributed by atoms with E-state index in [1.807, 2.05) is 30.3 Å². The first-order valence-corrected chi connectivity index (χ1v) is 7.45. The van der Waals surface area contributed by atoms with Crippen molar-refractivity contribution in [1.82, 2.24) is 4.90 Å². The summed E-state index contributed by atoms with van der Waals surface area (Å²) in [5, 5.41) is 0. The molecule has 0 aromatic heterocycles. The average molecular weight is 313 g/mol. The number of nitrogens with zero attached hydrogens (tertiary/aromatic N) is 1. The molecule has 0 unspecified atom stereocenters. The third-order valence-corrected chi connectivity index (χ3v) is 3.90. The number of likely N-dealkylation sites (tertiary alicyclic amines) is 1. The third kappa shape index (κ3) is 3.94. The van der Waals surface area contributed by atoms with E-state index in [4.69, 9.17) is 9.47 Å². The number of amides is 1. The molecule has 0 bridgehead atoms. The Morgan fingerprint density at radius 2 is 1.91 bits per heavy atom. The zero-order chi connectivity index (χ0) is 16.0. The predicted molar refractivity (Wildman–Crippen MR) is 77.8 cm³/mol. The molecule has 1 aromatic rings. The average Bonchev–Trinajstić information content (AvgIpc) is 2.54. The molecule has 4 nitrogen and oxygen atoms in total. The fourth-order valence-electron chi connectivity index (χ4n) is 2.59. The molecule has 0 spiro atoms. The first-order valence-electron chi connectivity index (χ1n) is 7.45. The van der Waals surface area contributed by atoms with E-state index in [-0.39, 0.29) is 39.1 Å². The van der Waals surface area contributed by atoms with Crippen LogP contribution in [0, 0.1) is 0 Å². The second-order valence-corrected chi connectivity index (χ2v) is 5.33. The van der Waals surface area contributed by atoms with Crippen LogP contribution in [-0.2, 0) is 16.1 Å². The van der Waals surface area contributed by atoms with E-state index in [9.17, 15) is 13.6 Å². The second kappa shape index (κ2) is 7.54. The molecule has 6 heteroatoms. The first-order chi connectivity index (χ1) is 10.6. The Labute approximate surface area is 129 Å². The predicted octanol–water partition coefficient (Wildman–Crippen LogP) is 3.46. The molecule has 1 aromatic carbocycles. The van der Waals surface area contributed by atoms with E-state index < -0.39 is 18.1 Å². The summed E-state index contributed by atoms with van der Waals surface area (Å²) >= 11 is 0. The van der Waals surface area contributed by atoms with Gasteiger partial charge in [0.25, 0.3) is 6.43 Å². The van der Waals surface area contributed by atoms with Gasteiger partial charge in [-0.3, -0.25) is 0 Å². The largest absolute Gasteiger partial charge is 0.445 e. The summed E-state index contributed by atoms with van der Waals surface area (Å²) in [5.41, 5.74) is -0.533. The lowest BCUT2D eigenvalue weighted by Crippen LogP contribution is -2.52. The van der Waals surface area contributed by atoms with Crippen LogP contribution >= 0.6 is 0 Å². The number of hydrogen-bond donors (Lipinski definition) is 0. The van der Waals surface area contributed by atoms with Gasteiger partial charge in [-0.05, 0) is 25.3 Å². The number of piperidine rings is 1. The van der Waals surface area contributed by atoms with Crippen LogP contribution in [0.1, 0.15) is 25.3 Å². The molecule has 1 saturated heterocycles. The zero-order valence-corrected chi connectivity index (χ0v) is 12.6. The summed E-state index contributed by atoms with van der Waals surface area (Å²) in [6.45, 7) is 2.56. The van der Waals surface area contributed by atoms with Crippen LogP contribution < -0.4 is 0 Å². The van der Waals surface area contributed by atoms with Crippen molar-refractivity contribution in [2.24, 2.45) is 0 Å². The highest BCUT2D eigenvalue weighted by Gasteiger charge is 2.44. The normalized spacial score (nSPS) is 17.5. The Kier molecular flexibility index (Phi) is 5.71. The molecule has 1 aliphatic rings. The topological polar surface area (TPSA) is 38.8 Å². The lowest BCUT2D eigenvalue weighted by molar-refractivity contribution is -0.160. The zero-order valence-electron chi connectivity index (χ0n) is 12.6. The molecule has 1 heterocycles. The van der Waals surface area contributed by atoms with Gasteiger partial charge in [0.15, 0.2) is 0 Å². The van der Waals surface area contributed by atoms with Gasteiger partial charge in [-0.1, -0.05) is 30.3 Å². The van der Waals surface area contributed by atoms with Gasteiger partial charge in [-0.2, -0.15) is 0 Å². The fraction of sp³-hybridized carbons (Fsp3) is 0.562.